The van der Waals surface area contributed by atoms with Crippen molar-refractivity contribution in [3.63, 3.8) is 0 Å². The second-order valence-corrected chi connectivity index (χ2v) is 5.22. The van der Waals surface area contributed by atoms with E-state index in [1.165, 1.54) is 18.2 Å². The predicted octanol–water partition coefficient (Wildman–Crippen LogP) is 2.30. The quantitative estimate of drug-likeness (QED) is 0.296. The number of benzene rings is 2. The Kier molecular flexibility index (Phi) is 3.83. The molecule has 1 atom stereocenters. The first kappa shape index (κ1) is 15.4. The van der Waals surface area contributed by atoms with Crippen LogP contribution in [0.4, 0.5) is 5.69 Å². The van der Waals surface area contributed by atoms with Crippen molar-refractivity contribution in [3.05, 3.63) is 81.4 Å². The van der Waals surface area contributed by atoms with Crippen LogP contribution in [0.5, 0.6) is 0 Å². The molecule has 1 saturated heterocycles. The summed E-state index contributed by atoms with van der Waals surface area (Å²) in [5.41, 5.74) is 0.444. The monoisotopic (exact) mass is 324 g/mol. The molecule has 3 rings (SSSR count). The Bertz CT molecular complexity index is 874. The summed E-state index contributed by atoms with van der Waals surface area (Å²) in [5, 5.41) is 23.8. The van der Waals surface area contributed by atoms with Gasteiger partial charge in [-0.25, -0.2) is 0 Å². The lowest BCUT2D eigenvalue weighted by atomic mass is 9.95. The maximum Gasteiger partial charge on any atom is 0.293 e. The predicted molar refractivity (Wildman–Crippen MR) is 85.0 cm³/mol. The first-order valence-electron chi connectivity index (χ1n) is 7.07. The normalized spacial score (nSPS) is 19.1. The van der Waals surface area contributed by atoms with Crippen molar-refractivity contribution in [3.8, 4) is 0 Å². The third-order valence-electron chi connectivity index (χ3n) is 3.73. The second-order valence-electron chi connectivity index (χ2n) is 5.22. The molecule has 2 aromatic rings. The van der Waals surface area contributed by atoms with E-state index in [1.54, 1.807) is 36.4 Å². The molecule has 120 valence electrons. The summed E-state index contributed by atoms with van der Waals surface area (Å²) < 4.78 is 0. The maximum absolute atomic E-state index is 12.2. The molecule has 0 spiro atoms. The second kappa shape index (κ2) is 5.96. The van der Waals surface area contributed by atoms with Crippen LogP contribution in [0.15, 0.2) is 60.2 Å². The molecule has 1 aliphatic heterocycles. The zero-order valence-electron chi connectivity index (χ0n) is 12.3. The van der Waals surface area contributed by atoms with E-state index in [1.807, 2.05) is 0 Å². The van der Waals surface area contributed by atoms with Gasteiger partial charge in [-0.15, -0.1) is 0 Å². The number of nitrogens with zero attached hydrogens (tertiary/aromatic N) is 1. The Morgan fingerprint density at radius 2 is 1.79 bits per heavy atom. The maximum atomic E-state index is 12.2. The number of Topliss-reactive ketones (excluding diaryl/α,β-unsaturated/α-hetero) is 1. The van der Waals surface area contributed by atoms with Crippen molar-refractivity contribution in [2.45, 2.75) is 6.04 Å². The zero-order valence-corrected chi connectivity index (χ0v) is 12.3. The Labute approximate surface area is 136 Å². The highest BCUT2D eigenvalue weighted by Crippen LogP contribution is 2.33. The molecule has 2 N–H and O–H groups in total. The smallest absolute Gasteiger partial charge is 0.293 e. The number of hydrogen-bond donors (Lipinski definition) is 2. The van der Waals surface area contributed by atoms with Gasteiger partial charge in [-0.05, 0) is 5.56 Å². The molecule has 1 unspecified atom stereocenters. The van der Waals surface area contributed by atoms with Crippen LogP contribution in [0, 0.1) is 10.1 Å². The Hall–Kier alpha value is -3.48. The molecule has 0 aliphatic carbocycles. The molecule has 0 bridgehead atoms. The largest absolute Gasteiger partial charge is 0.507 e. The van der Waals surface area contributed by atoms with Crippen molar-refractivity contribution < 1.29 is 19.6 Å². The number of ketones is 1. The van der Waals surface area contributed by atoms with Crippen LogP contribution in [0.3, 0.4) is 0 Å². The van der Waals surface area contributed by atoms with Gasteiger partial charge in [0.1, 0.15) is 5.76 Å². The van der Waals surface area contributed by atoms with Gasteiger partial charge in [0.2, 0.25) is 0 Å². The number of rotatable bonds is 3. The Balaban J connectivity index is 2.13. The van der Waals surface area contributed by atoms with E-state index < -0.39 is 22.7 Å². The van der Waals surface area contributed by atoms with E-state index >= 15 is 0 Å². The van der Waals surface area contributed by atoms with Crippen LogP contribution in [-0.4, -0.2) is 21.7 Å². The number of carbonyl (C=O) groups excluding carboxylic acids is 2. The van der Waals surface area contributed by atoms with Crippen molar-refractivity contribution >= 4 is 23.1 Å². The summed E-state index contributed by atoms with van der Waals surface area (Å²) in [4.78, 5) is 34.3. The molecule has 1 aliphatic rings. The van der Waals surface area contributed by atoms with Crippen LogP contribution in [0.1, 0.15) is 17.2 Å². The summed E-state index contributed by atoms with van der Waals surface area (Å²) in [6.45, 7) is 0. The summed E-state index contributed by atoms with van der Waals surface area (Å²) in [7, 11) is 0. The van der Waals surface area contributed by atoms with Crippen LogP contribution in [0.2, 0.25) is 0 Å². The molecular formula is C17H12N2O5. The molecule has 7 nitrogen and oxygen atoms in total. The lowest BCUT2D eigenvalue weighted by Crippen LogP contribution is -2.21. The van der Waals surface area contributed by atoms with Crippen molar-refractivity contribution in [1.29, 1.82) is 0 Å². The highest BCUT2D eigenvalue weighted by Gasteiger charge is 2.39. The van der Waals surface area contributed by atoms with E-state index in [0.29, 0.717) is 11.1 Å². The molecule has 7 heteroatoms. The van der Waals surface area contributed by atoms with E-state index in [-0.39, 0.29) is 17.0 Å². The third kappa shape index (κ3) is 2.63. The highest BCUT2D eigenvalue weighted by atomic mass is 16.6. The Morgan fingerprint density at radius 3 is 2.46 bits per heavy atom. The number of carbonyl (C=O) groups is 2. The fourth-order valence-electron chi connectivity index (χ4n) is 2.59. The minimum atomic E-state index is -0.940. The van der Waals surface area contributed by atoms with Gasteiger partial charge < -0.3 is 10.4 Å². The van der Waals surface area contributed by atoms with Gasteiger partial charge >= 0.3 is 0 Å². The number of non-ortho nitro benzene ring substituents is 1. The van der Waals surface area contributed by atoms with Gasteiger partial charge in [-0.3, -0.25) is 19.7 Å². The summed E-state index contributed by atoms with van der Waals surface area (Å²) in [6.07, 6.45) is 0. The summed E-state index contributed by atoms with van der Waals surface area (Å²) >= 11 is 0. The molecule has 2 aromatic carbocycles. The molecular weight excluding hydrogens is 312 g/mol. The van der Waals surface area contributed by atoms with Gasteiger partial charge in [0.15, 0.2) is 0 Å². The van der Waals surface area contributed by atoms with Crippen LogP contribution < -0.4 is 5.32 Å². The fourth-order valence-corrected chi connectivity index (χ4v) is 2.59. The highest BCUT2D eigenvalue weighted by molar-refractivity contribution is 6.46. The summed E-state index contributed by atoms with van der Waals surface area (Å²) in [6, 6.07) is 13.0. The summed E-state index contributed by atoms with van der Waals surface area (Å²) in [5.74, 6) is -2.03. The fraction of sp³-hybridized carbons (Fsp3) is 0.0588. The van der Waals surface area contributed by atoms with E-state index in [4.69, 9.17) is 0 Å². The minimum absolute atomic E-state index is 0.119. The van der Waals surface area contributed by atoms with Gasteiger partial charge in [0.25, 0.3) is 17.4 Å². The van der Waals surface area contributed by atoms with Crippen molar-refractivity contribution in [2.24, 2.45) is 0 Å². The molecule has 1 fully saturated rings. The lowest BCUT2D eigenvalue weighted by molar-refractivity contribution is -0.384. The lowest BCUT2D eigenvalue weighted by Gasteiger charge is -2.13. The first-order chi connectivity index (χ1) is 11.5. The van der Waals surface area contributed by atoms with Crippen LogP contribution in [-0.2, 0) is 9.59 Å². The van der Waals surface area contributed by atoms with Crippen LogP contribution >= 0.6 is 0 Å². The van der Waals surface area contributed by atoms with E-state index in [2.05, 4.69) is 5.32 Å². The molecule has 1 heterocycles. The van der Waals surface area contributed by atoms with Gasteiger partial charge in [-0.2, -0.15) is 0 Å². The van der Waals surface area contributed by atoms with E-state index in [0.717, 1.165) is 0 Å². The number of nitro groups is 1. The standard InChI is InChI=1S/C17H12N2O5/c20-15(10-5-2-1-3-6-10)13-14(18-17(22)16(13)21)11-7-4-8-12(9-11)19(23)24/h1-9,14,20H,(H,18,22)/b15-13+. The van der Waals surface area contributed by atoms with Crippen molar-refractivity contribution in [1.82, 2.24) is 5.32 Å². The number of aliphatic hydroxyl groups excluding tert-OH is 1. The van der Waals surface area contributed by atoms with E-state index in [9.17, 15) is 24.8 Å². The first-order valence-corrected chi connectivity index (χ1v) is 7.07. The molecule has 0 saturated carbocycles. The van der Waals surface area contributed by atoms with Gasteiger partial charge in [0.05, 0.1) is 16.5 Å². The number of hydrogen-bond acceptors (Lipinski definition) is 5. The van der Waals surface area contributed by atoms with Gasteiger partial charge in [-0.1, -0.05) is 42.5 Å². The minimum Gasteiger partial charge on any atom is -0.507 e. The number of aliphatic hydroxyl groups is 1. The molecule has 0 aromatic heterocycles. The molecule has 0 radical (unpaired) electrons. The SMILES string of the molecule is O=C1NC(c2cccc([N+](=O)[O-])c2)/C(=C(\O)c2ccccc2)C1=O. The van der Waals surface area contributed by atoms with Crippen LogP contribution in [0.25, 0.3) is 5.76 Å². The molecule has 1 amide bonds. The number of nitro benzene ring substituents is 1. The topological polar surface area (TPSA) is 110 Å². The van der Waals surface area contributed by atoms with Gasteiger partial charge in [0, 0.05) is 17.7 Å². The average Bonchev–Trinajstić information content (AvgIpc) is 2.90. The number of amides is 1. The zero-order chi connectivity index (χ0) is 17.3. The average molecular weight is 324 g/mol. The Morgan fingerprint density at radius 1 is 1.08 bits per heavy atom. The van der Waals surface area contributed by atoms with Crippen molar-refractivity contribution in [2.75, 3.05) is 0 Å². The third-order valence-corrected chi connectivity index (χ3v) is 3.73. The number of nitrogens with one attached hydrogen (secondary N) is 1. The molecule has 24 heavy (non-hydrogen) atoms.